The molecule has 1 aliphatic rings. The third-order valence-corrected chi connectivity index (χ3v) is 10.0. The summed E-state index contributed by atoms with van der Waals surface area (Å²) in [4.78, 5) is 97.1. The van der Waals surface area contributed by atoms with Crippen LogP contribution in [0.5, 0.6) is 0 Å². The third-order valence-electron chi connectivity index (χ3n) is 10.0. The summed E-state index contributed by atoms with van der Waals surface area (Å²) in [7, 11) is 1.13. The fourth-order valence-corrected chi connectivity index (χ4v) is 6.69. The number of anilines is 2. The number of unbranched alkanes of at least 4 members (excludes halogenated alkanes) is 1. The Morgan fingerprint density at radius 2 is 1.58 bits per heavy atom. The van der Waals surface area contributed by atoms with Crippen LogP contribution in [0.1, 0.15) is 69.2 Å². The summed E-state index contributed by atoms with van der Waals surface area (Å²) in [6.45, 7) is 6.61. The van der Waals surface area contributed by atoms with E-state index in [1.165, 1.54) is 4.90 Å². The van der Waals surface area contributed by atoms with E-state index in [1.54, 1.807) is 50.4 Å². The van der Waals surface area contributed by atoms with Gasteiger partial charge in [0.25, 0.3) is 0 Å². The van der Waals surface area contributed by atoms with E-state index < -0.39 is 78.1 Å². The first kappa shape index (κ1) is 46.3. The Morgan fingerprint density at radius 1 is 0.867 bits per heavy atom. The van der Waals surface area contributed by atoms with E-state index in [4.69, 9.17) is 4.74 Å². The molecule has 1 aliphatic heterocycles. The van der Waals surface area contributed by atoms with Crippen molar-refractivity contribution in [2.45, 2.75) is 96.4 Å². The first-order valence-corrected chi connectivity index (χ1v) is 20.1. The Balaban J connectivity index is 1.43. The van der Waals surface area contributed by atoms with Gasteiger partial charge in [0.05, 0.1) is 25.6 Å². The number of urea groups is 1. The molecule has 3 aromatic rings. The van der Waals surface area contributed by atoms with Crippen LogP contribution in [0.15, 0.2) is 72.9 Å². The minimum Gasteiger partial charge on any atom is -0.480 e. The Bertz CT molecular complexity index is 1940. The van der Waals surface area contributed by atoms with Crippen LogP contribution in [0.3, 0.4) is 0 Å². The van der Waals surface area contributed by atoms with Gasteiger partial charge in [-0.3, -0.25) is 29.0 Å². The zero-order chi connectivity index (χ0) is 43.6. The fourth-order valence-electron chi connectivity index (χ4n) is 6.69. The zero-order valence-electron chi connectivity index (χ0n) is 34.5. The number of nitrogens with zero attached hydrogens (tertiary/aromatic N) is 2. The first-order chi connectivity index (χ1) is 28.7. The Kier molecular flexibility index (Phi) is 18.0. The lowest BCUT2D eigenvalue weighted by molar-refractivity contribution is -0.150. The molecule has 6 amide bonds. The number of hydrogen-bond donors (Lipinski definition) is 7. The number of likely N-dealkylation sites (tertiary alicyclic amines) is 1. The maximum absolute atomic E-state index is 13.9. The van der Waals surface area contributed by atoms with E-state index in [9.17, 15) is 38.7 Å². The predicted molar refractivity (Wildman–Crippen MR) is 223 cm³/mol. The lowest BCUT2D eigenvalue weighted by Crippen LogP contribution is -2.59. The second-order valence-corrected chi connectivity index (χ2v) is 15.0. The van der Waals surface area contributed by atoms with Crippen LogP contribution in [-0.4, -0.2) is 101 Å². The largest absolute Gasteiger partial charge is 0.480 e. The Labute approximate surface area is 349 Å². The number of para-hydroxylation sites is 1. The molecule has 2 aromatic carbocycles. The Hall–Kier alpha value is -6.36. The fraction of sp³-hybridized carbons (Fsp3) is 0.442. The summed E-state index contributed by atoms with van der Waals surface area (Å²) in [5, 5.41) is 26.5. The van der Waals surface area contributed by atoms with Gasteiger partial charge >= 0.3 is 18.0 Å². The number of aromatic nitrogens is 1. The number of amides is 6. The maximum Gasteiger partial charge on any atom is 0.326 e. The standard InChI is InChI=1S/C43H56N8O9/c1-27(2)38(41(56)51-23-11-16-35(51)42(57)58)50-40(55)34(25-37(53)60-4)48-39(54)33(15-8-9-21-44-26-31-13-7-10-22-45-31)47-36(52)24-29-17-19-30(20-18-29)46-43(59)49-32-14-6-5-12-28(32)3/h5-7,10,12-14,17-20,22,27,33-35,38,44H,8-9,11,15-16,21,23-26H2,1-4H3,(H,47,52)(H,48,54)(H,50,55)(H,57,58)(H2,46,49,59)/t33-,34-,35?,38-/m0/s1. The molecule has 1 fully saturated rings. The van der Waals surface area contributed by atoms with Crippen LogP contribution in [-0.2, 0) is 46.5 Å². The highest BCUT2D eigenvalue weighted by Crippen LogP contribution is 2.21. The van der Waals surface area contributed by atoms with Gasteiger partial charge < -0.3 is 46.6 Å². The normalized spacial score (nSPS) is 14.9. The topological polar surface area (TPSA) is 237 Å². The number of rotatable bonds is 21. The van der Waals surface area contributed by atoms with Gasteiger partial charge in [0, 0.05) is 30.7 Å². The van der Waals surface area contributed by atoms with Gasteiger partial charge in [0.1, 0.15) is 24.2 Å². The van der Waals surface area contributed by atoms with Gasteiger partial charge in [0.2, 0.25) is 23.6 Å². The summed E-state index contributed by atoms with van der Waals surface area (Å²) < 4.78 is 4.80. The van der Waals surface area contributed by atoms with Crippen LogP contribution < -0.4 is 31.9 Å². The number of carboxylic acid groups (broad SMARTS) is 1. The van der Waals surface area contributed by atoms with Gasteiger partial charge in [-0.05, 0) is 92.9 Å². The zero-order valence-corrected chi connectivity index (χ0v) is 34.5. The van der Waals surface area contributed by atoms with Gasteiger partial charge in [-0.2, -0.15) is 0 Å². The highest BCUT2D eigenvalue weighted by Gasteiger charge is 2.40. The molecule has 1 aromatic heterocycles. The first-order valence-electron chi connectivity index (χ1n) is 20.1. The minimum absolute atomic E-state index is 0.108. The monoisotopic (exact) mass is 828 g/mol. The molecule has 322 valence electrons. The number of hydrogen-bond acceptors (Lipinski definition) is 10. The average molecular weight is 829 g/mol. The summed E-state index contributed by atoms with van der Waals surface area (Å²) in [5.74, 6) is -5.07. The third kappa shape index (κ3) is 14.5. The quantitative estimate of drug-likeness (QED) is 0.0608. The molecule has 1 saturated heterocycles. The highest BCUT2D eigenvalue weighted by atomic mass is 16.5. The average Bonchev–Trinajstić information content (AvgIpc) is 3.73. The molecule has 4 rings (SSSR count). The minimum atomic E-state index is -1.49. The second kappa shape index (κ2) is 23.3. The van der Waals surface area contributed by atoms with E-state index in [0.717, 1.165) is 18.4 Å². The number of carbonyl (C=O) groups is 7. The summed E-state index contributed by atoms with van der Waals surface area (Å²) in [5.41, 5.74) is 3.54. The van der Waals surface area contributed by atoms with Crippen LogP contribution >= 0.6 is 0 Å². The van der Waals surface area contributed by atoms with E-state index in [2.05, 4.69) is 36.9 Å². The van der Waals surface area contributed by atoms with E-state index >= 15 is 0 Å². The van der Waals surface area contributed by atoms with Gasteiger partial charge in [0.15, 0.2) is 0 Å². The maximum atomic E-state index is 13.9. The molecule has 0 saturated carbocycles. The number of aliphatic carboxylic acids is 1. The van der Waals surface area contributed by atoms with Crippen molar-refractivity contribution in [3.63, 3.8) is 0 Å². The van der Waals surface area contributed by atoms with E-state index in [0.29, 0.717) is 49.3 Å². The van der Waals surface area contributed by atoms with Crippen molar-refractivity contribution < 1.29 is 43.4 Å². The van der Waals surface area contributed by atoms with Crippen LogP contribution in [0.4, 0.5) is 16.2 Å². The molecular weight excluding hydrogens is 773 g/mol. The SMILES string of the molecule is COC(=O)C[C@H](NC(=O)[C@H](CCCCNCc1ccccn1)NC(=O)Cc1ccc(NC(=O)Nc2ccccc2C)cc1)C(=O)N[C@H](C(=O)N1CCCC1C(=O)O)C(C)C. The van der Waals surface area contributed by atoms with Crippen molar-refractivity contribution in [3.05, 3.63) is 89.7 Å². The van der Waals surface area contributed by atoms with Crippen molar-refractivity contribution in [1.29, 1.82) is 0 Å². The Morgan fingerprint density at radius 3 is 2.25 bits per heavy atom. The molecule has 0 aliphatic carbocycles. The number of aryl methyl sites for hydroxylation is 1. The molecule has 7 N–H and O–H groups in total. The van der Waals surface area contributed by atoms with Crippen molar-refractivity contribution in [3.8, 4) is 0 Å². The molecule has 17 heteroatoms. The van der Waals surface area contributed by atoms with Crippen LogP contribution in [0, 0.1) is 12.8 Å². The van der Waals surface area contributed by atoms with Crippen molar-refractivity contribution in [2.24, 2.45) is 5.92 Å². The summed E-state index contributed by atoms with van der Waals surface area (Å²) >= 11 is 0. The van der Waals surface area contributed by atoms with Crippen molar-refractivity contribution >= 4 is 53.0 Å². The lowest BCUT2D eigenvalue weighted by atomic mass is 10.0. The number of ether oxygens (including phenoxy) is 1. The number of pyridine rings is 1. The second-order valence-electron chi connectivity index (χ2n) is 15.0. The molecule has 1 unspecified atom stereocenters. The van der Waals surface area contributed by atoms with Crippen molar-refractivity contribution in [2.75, 3.05) is 30.8 Å². The molecule has 0 spiro atoms. The highest BCUT2D eigenvalue weighted by molar-refractivity contribution is 6.00. The van der Waals surface area contributed by atoms with Gasteiger partial charge in [-0.1, -0.05) is 50.2 Å². The number of carboxylic acids is 1. The van der Waals surface area contributed by atoms with E-state index in [-0.39, 0.29) is 25.8 Å². The lowest BCUT2D eigenvalue weighted by Gasteiger charge is -2.30. The summed E-state index contributed by atoms with van der Waals surface area (Å²) in [6.07, 6.45) is 3.12. The van der Waals surface area contributed by atoms with Crippen molar-refractivity contribution in [1.82, 2.24) is 31.2 Å². The number of methoxy groups -OCH3 is 1. The number of carbonyl (C=O) groups excluding carboxylic acids is 6. The molecule has 0 bridgehead atoms. The predicted octanol–water partition coefficient (Wildman–Crippen LogP) is 3.29. The van der Waals surface area contributed by atoms with E-state index in [1.807, 2.05) is 43.3 Å². The number of nitrogens with one attached hydrogen (secondary N) is 6. The number of benzene rings is 2. The van der Waals surface area contributed by atoms with Gasteiger partial charge in [-0.15, -0.1) is 0 Å². The molecule has 4 atom stereocenters. The number of esters is 1. The van der Waals surface area contributed by atoms with Gasteiger partial charge in [-0.25, -0.2) is 9.59 Å². The smallest absolute Gasteiger partial charge is 0.326 e. The molecule has 60 heavy (non-hydrogen) atoms. The van der Waals surface area contributed by atoms with Crippen LogP contribution in [0.25, 0.3) is 0 Å². The molecular formula is C43H56N8O9. The molecule has 17 nitrogen and oxygen atoms in total. The molecule has 2 heterocycles. The molecule has 0 radical (unpaired) electrons. The summed E-state index contributed by atoms with van der Waals surface area (Å²) in [6, 6.07) is 14.4. The van der Waals surface area contributed by atoms with Crippen LogP contribution in [0.2, 0.25) is 0 Å².